The van der Waals surface area contributed by atoms with Crippen molar-refractivity contribution in [3.8, 4) is 22.6 Å². The van der Waals surface area contributed by atoms with E-state index in [1.54, 1.807) is 19.2 Å². The Morgan fingerprint density at radius 1 is 0.886 bits per heavy atom. The molecule has 6 heteroatoms. The number of carboxylic acids is 1. The number of unbranched alkanes of at least 4 members (excludes halogenated alkanes) is 1. The molecule has 0 bridgehead atoms. The third-order valence-corrected chi connectivity index (χ3v) is 5.89. The van der Waals surface area contributed by atoms with Crippen LogP contribution in [0.15, 0.2) is 72.8 Å². The Hall–Kier alpha value is -3.80. The summed E-state index contributed by atoms with van der Waals surface area (Å²) in [5, 5.41) is 12.3. The second-order valence-electron chi connectivity index (χ2n) is 8.44. The van der Waals surface area contributed by atoms with Crippen LogP contribution >= 0.6 is 0 Å². The normalized spacial score (nSPS) is 11.5. The molecule has 35 heavy (non-hydrogen) atoms. The van der Waals surface area contributed by atoms with Gasteiger partial charge in [0.15, 0.2) is 0 Å². The maximum absolute atomic E-state index is 12.4. The van der Waals surface area contributed by atoms with Gasteiger partial charge in [-0.1, -0.05) is 56.2 Å². The van der Waals surface area contributed by atoms with Gasteiger partial charge in [-0.15, -0.1) is 0 Å². The van der Waals surface area contributed by atoms with E-state index in [9.17, 15) is 14.7 Å². The first-order valence-corrected chi connectivity index (χ1v) is 12.0. The molecule has 6 nitrogen and oxygen atoms in total. The SMILES string of the molecule is CCCCC(Cc1ccc(OCCNC(=O)c2ccc(-c3ccc(OC)cc3)cc2)cc1)C(=O)O. The summed E-state index contributed by atoms with van der Waals surface area (Å²) < 4.78 is 10.9. The fourth-order valence-electron chi connectivity index (χ4n) is 3.80. The van der Waals surface area contributed by atoms with E-state index >= 15 is 0 Å². The van der Waals surface area contributed by atoms with E-state index in [0.717, 1.165) is 35.3 Å². The Morgan fingerprint density at radius 3 is 2.06 bits per heavy atom. The molecule has 0 saturated heterocycles. The smallest absolute Gasteiger partial charge is 0.306 e. The van der Waals surface area contributed by atoms with Crippen LogP contribution in [0, 0.1) is 5.92 Å². The van der Waals surface area contributed by atoms with Crippen LogP contribution in [0.3, 0.4) is 0 Å². The molecule has 0 spiro atoms. The largest absolute Gasteiger partial charge is 0.497 e. The highest BCUT2D eigenvalue weighted by Gasteiger charge is 2.17. The predicted molar refractivity (Wildman–Crippen MR) is 137 cm³/mol. The molecule has 0 radical (unpaired) electrons. The van der Waals surface area contributed by atoms with Crippen molar-refractivity contribution in [2.75, 3.05) is 20.3 Å². The number of benzene rings is 3. The van der Waals surface area contributed by atoms with Crippen LogP contribution in [0.25, 0.3) is 11.1 Å². The average Bonchev–Trinajstić information content (AvgIpc) is 2.89. The summed E-state index contributed by atoms with van der Waals surface area (Å²) in [6, 6.07) is 22.7. The van der Waals surface area contributed by atoms with Gasteiger partial charge in [0, 0.05) is 5.56 Å². The van der Waals surface area contributed by atoms with Gasteiger partial charge in [-0.05, 0) is 65.9 Å². The van der Waals surface area contributed by atoms with E-state index in [1.807, 2.05) is 60.7 Å². The molecule has 1 atom stereocenters. The number of hydrogen-bond acceptors (Lipinski definition) is 4. The Labute approximate surface area is 206 Å². The predicted octanol–water partition coefficient (Wildman–Crippen LogP) is 5.60. The molecule has 1 unspecified atom stereocenters. The molecule has 0 aliphatic heterocycles. The van der Waals surface area contributed by atoms with Crippen molar-refractivity contribution in [1.82, 2.24) is 5.32 Å². The number of hydrogen-bond donors (Lipinski definition) is 2. The van der Waals surface area contributed by atoms with E-state index < -0.39 is 5.97 Å². The first kappa shape index (κ1) is 25.8. The lowest BCUT2D eigenvalue weighted by molar-refractivity contribution is -0.142. The van der Waals surface area contributed by atoms with Gasteiger partial charge in [-0.25, -0.2) is 0 Å². The highest BCUT2D eigenvalue weighted by Crippen LogP contribution is 2.23. The Kier molecular flexibility index (Phi) is 9.72. The number of methoxy groups -OCH3 is 1. The second kappa shape index (κ2) is 13.2. The zero-order valence-corrected chi connectivity index (χ0v) is 20.3. The third kappa shape index (κ3) is 7.88. The molecular weight excluding hydrogens is 442 g/mol. The van der Waals surface area contributed by atoms with Crippen LogP contribution < -0.4 is 14.8 Å². The summed E-state index contributed by atoms with van der Waals surface area (Å²) >= 11 is 0. The monoisotopic (exact) mass is 475 g/mol. The van der Waals surface area contributed by atoms with Crippen molar-refractivity contribution >= 4 is 11.9 Å². The summed E-state index contributed by atoms with van der Waals surface area (Å²) in [5.74, 6) is 0.230. The van der Waals surface area contributed by atoms with Gasteiger partial charge in [-0.2, -0.15) is 0 Å². The molecule has 184 valence electrons. The highest BCUT2D eigenvalue weighted by molar-refractivity contribution is 5.94. The minimum Gasteiger partial charge on any atom is -0.497 e. The molecule has 0 saturated carbocycles. The highest BCUT2D eigenvalue weighted by atomic mass is 16.5. The van der Waals surface area contributed by atoms with E-state index in [0.29, 0.717) is 37.3 Å². The first-order chi connectivity index (χ1) is 17.0. The average molecular weight is 476 g/mol. The quantitative estimate of drug-likeness (QED) is 0.314. The van der Waals surface area contributed by atoms with Gasteiger partial charge < -0.3 is 19.9 Å². The van der Waals surface area contributed by atoms with Gasteiger partial charge >= 0.3 is 5.97 Å². The number of ether oxygens (including phenoxy) is 2. The summed E-state index contributed by atoms with van der Waals surface area (Å²) in [6.07, 6.45) is 3.11. The number of aliphatic carboxylic acids is 1. The van der Waals surface area contributed by atoms with Crippen LogP contribution in [0.4, 0.5) is 0 Å². The number of carbonyl (C=O) groups is 2. The molecule has 1 amide bonds. The van der Waals surface area contributed by atoms with Crippen LogP contribution in [-0.4, -0.2) is 37.2 Å². The minimum atomic E-state index is -0.745. The fraction of sp³-hybridized carbons (Fsp3) is 0.310. The molecule has 3 aromatic rings. The van der Waals surface area contributed by atoms with E-state index in [4.69, 9.17) is 9.47 Å². The van der Waals surface area contributed by atoms with Crippen molar-refractivity contribution in [2.45, 2.75) is 32.6 Å². The maximum Gasteiger partial charge on any atom is 0.306 e. The molecule has 3 aromatic carbocycles. The Morgan fingerprint density at radius 2 is 1.49 bits per heavy atom. The number of rotatable bonds is 13. The molecular formula is C29H33NO5. The number of carbonyl (C=O) groups excluding carboxylic acids is 1. The third-order valence-electron chi connectivity index (χ3n) is 5.89. The summed E-state index contributed by atoms with van der Waals surface area (Å²) in [7, 11) is 1.64. The molecule has 0 aromatic heterocycles. The maximum atomic E-state index is 12.4. The number of nitrogens with one attached hydrogen (secondary N) is 1. The summed E-state index contributed by atoms with van der Waals surface area (Å²) in [5.41, 5.74) is 3.64. The van der Waals surface area contributed by atoms with Gasteiger partial charge in [0.25, 0.3) is 5.91 Å². The van der Waals surface area contributed by atoms with Crippen molar-refractivity contribution in [1.29, 1.82) is 0 Å². The van der Waals surface area contributed by atoms with Crippen molar-refractivity contribution < 1.29 is 24.2 Å². The first-order valence-electron chi connectivity index (χ1n) is 12.0. The zero-order chi connectivity index (χ0) is 25.0. The van der Waals surface area contributed by atoms with Gasteiger partial charge in [-0.3, -0.25) is 9.59 Å². The van der Waals surface area contributed by atoms with Crippen LogP contribution in [0.5, 0.6) is 11.5 Å². The lowest BCUT2D eigenvalue weighted by Gasteiger charge is -2.13. The molecule has 0 aliphatic carbocycles. The van der Waals surface area contributed by atoms with E-state index in [2.05, 4.69) is 12.2 Å². The van der Waals surface area contributed by atoms with Gasteiger partial charge in [0.2, 0.25) is 0 Å². The second-order valence-corrected chi connectivity index (χ2v) is 8.44. The fourth-order valence-corrected chi connectivity index (χ4v) is 3.80. The lowest BCUT2D eigenvalue weighted by Crippen LogP contribution is -2.28. The molecule has 3 rings (SSSR count). The topological polar surface area (TPSA) is 84.9 Å². The Balaban J connectivity index is 1.43. The zero-order valence-electron chi connectivity index (χ0n) is 20.3. The summed E-state index contributed by atoms with van der Waals surface area (Å²) in [6.45, 7) is 2.77. The van der Waals surface area contributed by atoms with Gasteiger partial charge in [0.1, 0.15) is 18.1 Å². The molecule has 0 aliphatic rings. The van der Waals surface area contributed by atoms with E-state index in [-0.39, 0.29) is 11.8 Å². The van der Waals surface area contributed by atoms with Crippen LogP contribution in [0.2, 0.25) is 0 Å². The molecule has 0 heterocycles. The van der Waals surface area contributed by atoms with Crippen molar-refractivity contribution in [2.24, 2.45) is 5.92 Å². The van der Waals surface area contributed by atoms with Crippen molar-refractivity contribution in [3.05, 3.63) is 83.9 Å². The molecule has 0 fully saturated rings. The van der Waals surface area contributed by atoms with E-state index in [1.165, 1.54) is 0 Å². The van der Waals surface area contributed by atoms with Crippen LogP contribution in [-0.2, 0) is 11.2 Å². The minimum absolute atomic E-state index is 0.156. The summed E-state index contributed by atoms with van der Waals surface area (Å²) in [4.78, 5) is 23.9. The Bertz CT molecular complexity index is 1080. The van der Waals surface area contributed by atoms with Gasteiger partial charge in [0.05, 0.1) is 19.6 Å². The van der Waals surface area contributed by atoms with Crippen LogP contribution in [0.1, 0.15) is 42.1 Å². The number of amides is 1. The lowest BCUT2D eigenvalue weighted by atomic mass is 9.94. The van der Waals surface area contributed by atoms with Crippen molar-refractivity contribution in [3.63, 3.8) is 0 Å². The standard InChI is InChI=1S/C29H33NO5/c1-3-4-5-25(29(32)33)20-21-6-14-27(15-7-21)35-19-18-30-28(31)24-10-8-22(9-11-24)23-12-16-26(34-2)17-13-23/h6-17,25H,3-5,18-20H2,1-2H3,(H,30,31)(H,32,33). The number of carboxylic acid groups (broad SMARTS) is 1. The molecule has 2 N–H and O–H groups in total.